The molecular weight excluding hydrogens is 353 g/mol. The lowest BCUT2D eigenvalue weighted by Crippen LogP contribution is -2.26. The molecule has 6 nitrogen and oxygen atoms in total. The fraction of sp³-hybridized carbons (Fsp3) is 0.294. The Hall–Kier alpha value is -2.97. The number of carbonyl (C=O) groups is 1. The third-order valence-electron chi connectivity index (χ3n) is 3.54. The number of rotatable bonds is 6. The van der Waals surface area contributed by atoms with Crippen LogP contribution in [-0.2, 0) is 12.7 Å². The predicted octanol–water partition coefficient (Wildman–Crippen LogP) is 3.06. The van der Waals surface area contributed by atoms with Gasteiger partial charge in [-0.1, -0.05) is 6.07 Å². The molecule has 1 N–H and O–H groups in total. The number of hydrogen-bond acceptors (Lipinski definition) is 5. The second kappa shape index (κ2) is 7.94. The summed E-state index contributed by atoms with van der Waals surface area (Å²) in [6.45, 7) is 0.00249. The van der Waals surface area contributed by atoms with Crippen LogP contribution in [0.1, 0.15) is 21.5 Å². The van der Waals surface area contributed by atoms with E-state index in [1.54, 1.807) is 18.2 Å². The largest absolute Gasteiger partial charge is 0.493 e. The zero-order valence-corrected chi connectivity index (χ0v) is 14.3. The van der Waals surface area contributed by atoms with Gasteiger partial charge in [0.05, 0.1) is 32.5 Å². The van der Waals surface area contributed by atoms with Crippen LogP contribution in [0.25, 0.3) is 0 Å². The van der Waals surface area contributed by atoms with Gasteiger partial charge in [-0.05, 0) is 17.7 Å². The number of nitrogens with one attached hydrogen (secondary N) is 1. The van der Waals surface area contributed by atoms with Crippen molar-refractivity contribution >= 4 is 5.91 Å². The number of halogens is 3. The third-order valence-corrected chi connectivity index (χ3v) is 3.54. The molecule has 0 fully saturated rings. The highest BCUT2D eigenvalue weighted by Gasteiger charge is 2.36. The second-order valence-corrected chi connectivity index (χ2v) is 5.14. The summed E-state index contributed by atoms with van der Waals surface area (Å²) in [6, 6.07) is 5.61. The van der Waals surface area contributed by atoms with Crippen molar-refractivity contribution in [2.24, 2.45) is 0 Å². The first-order valence-electron chi connectivity index (χ1n) is 7.40. The van der Waals surface area contributed by atoms with E-state index in [9.17, 15) is 18.0 Å². The summed E-state index contributed by atoms with van der Waals surface area (Å²) in [5.41, 5.74) is -1.07. The Bertz CT molecular complexity index is 794. The minimum absolute atomic E-state index is 0.00249. The molecule has 0 aliphatic heterocycles. The molecule has 0 bridgehead atoms. The quantitative estimate of drug-likeness (QED) is 0.846. The Balaban J connectivity index is 2.20. The van der Waals surface area contributed by atoms with E-state index in [0.29, 0.717) is 23.1 Å². The summed E-state index contributed by atoms with van der Waals surface area (Å²) in [4.78, 5) is 15.9. The van der Waals surface area contributed by atoms with E-state index in [1.165, 1.54) is 21.3 Å². The van der Waals surface area contributed by atoms with Gasteiger partial charge in [0.25, 0.3) is 5.91 Å². The van der Waals surface area contributed by atoms with Crippen LogP contribution in [0, 0.1) is 0 Å². The van der Waals surface area contributed by atoms with Crippen molar-refractivity contribution in [2.75, 3.05) is 21.3 Å². The lowest BCUT2D eigenvalue weighted by molar-refractivity contribution is -0.138. The summed E-state index contributed by atoms with van der Waals surface area (Å²) in [5, 5.41) is 2.44. The van der Waals surface area contributed by atoms with Crippen LogP contribution >= 0.6 is 0 Å². The number of alkyl halides is 3. The second-order valence-electron chi connectivity index (χ2n) is 5.14. The van der Waals surface area contributed by atoms with Crippen molar-refractivity contribution in [1.29, 1.82) is 0 Å². The van der Waals surface area contributed by atoms with Crippen LogP contribution in [0.15, 0.2) is 30.5 Å². The van der Waals surface area contributed by atoms with Gasteiger partial charge >= 0.3 is 6.18 Å². The predicted molar refractivity (Wildman–Crippen MR) is 86.5 cm³/mol. The maximum atomic E-state index is 13.2. The molecule has 0 spiro atoms. The molecule has 1 aromatic heterocycles. The number of methoxy groups -OCH3 is 3. The van der Waals surface area contributed by atoms with Gasteiger partial charge in [0.2, 0.25) is 5.88 Å². The molecule has 1 heterocycles. The first-order valence-corrected chi connectivity index (χ1v) is 7.40. The van der Waals surface area contributed by atoms with E-state index in [4.69, 9.17) is 14.2 Å². The van der Waals surface area contributed by atoms with E-state index < -0.39 is 23.2 Å². The maximum absolute atomic E-state index is 13.2. The molecular formula is C17H17F3N2O4. The topological polar surface area (TPSA) is 69.7 Å². The van der Waals surface area contributed by atoms with Crippen molar-refractivity contribution < 1.29 is 32.2 Å². The molecule has 2 rings (SSSR count). The monoisotopic (exact) mass is 370 g/mol. The minimum Gasteiger partial charge on any atom is -0.493 e. The number of pyridine rings is 1. The number of hydrogen-bond donors (Lipinski definition) is 1. The summed E-state index contributed by atoms with van der Waals surface area (Å²) < 4.78 is 54.5. The number of amides is 1. The van der Waals surface area contributed by atoms with Crippen molar-refractivity contribution in [3.8, 4) is 17.4 Å². The highest BCUT2D eigenvalue weighted by Crippen LogP contribution is 2.33. The van der Waals surface area contributed by atoms with Crippen molar-refractivity contribution in [2.45, 2.75) is 12.7 Å². The number of nitrogens with zero attached hydrogens (tertiary/aromatic N) is 1. The molecule has 0 aliphatic rings. The molecule has 0 aliphatic carbocycles. The van der Waals surface area contributed by atoms with E-state index in [0.717, 1.165) is 6.20 Å². The summed E-state index contributed by atoms with van der Waals surface area (Å²) >= 11 is 0. The van der Waals surface area contributed by atoms with Gasteiger partial charge in [-0.15, -0.1) is 0 Å². The fourth-order valence-electron chi connectivity index (χ4n) is 2.23. The molecule has 0 saturated heterocycles. The zero-order valence-electron chi connectivity index (χ0n) is 14.3. The van der Waals surface area contributed by atoms with Crippen molar-refractivity contribution in [1.82, 2.24) is 10.3 Å². The van der Waals surface area contributed by atoms with E-state index >= 15 is 0 Å². The summed E-state index contributed by atoms with van der Waals surface area (Å²) in [6.07, 6.45) is -3.88. The molecule has 26 heavy (non-hydrogen) atoms. The van der Waals surface area contributed by atoms with E-state index in [1.807, 2.05) is 0 Å². The average Bonchev–Trinajstić information content (AvgIpc) is 2.64. The number of aromatic nitrogens is 1. The first kappa shape index (κ1) is 19.4. The average molecular weight is 370 g/mol. The van der Waals surface area contributed by atoms with Gasteiger partial charge in [0, 0.05) is 18.8 Å². The minimum atomic E-state index is -4.72. The van der Waals surface area contributed by atoms with Gasteiger partial charge in [-0.3, -0.25) is 4.79 Å². The smallest absolute Gasteiger partial charge is 0.417 e. The molecule has 140 valence electrons. The molecule has 1 aromatic carbocycles. The zero-order chi connectivity index (χ0) is 19.3. The van der Waals surface area contributed by atoms with Gasteiger partial charge < -0.3 is 19.5 Å². The third kappa shape index (κ3) is 4.35. The highest BCUT2D eigenvalue weighted by molar-refractivity contribution is 5.95. The van der Waals surface area contributed by atoms with Crippen LogP contribution in [0.4, 0.5) is 13.2 Å². The molecule has 0 saturated carbocycles. The SMILES string of the molecule is COc1cc(C(F)(F)F)c(C(=O)NCc2ccc(OC)c(OC)c2)cn1. The Morgan fingerprint density at radius 3 is 2.35 bits per heavy atom. The maximum Gasteiger partial charge on any atom is 0.417 e. The van der Waals surface area contributed by atoms with Crippen LogP contribution in [0.3, 0.4) is 0 Å². The number of ether oxygens (including phenoxy) is 3. The molecule has 0 unspecified atom stereocenters. The lowest BCUT2D eigenvalue weighted by atomic mass is 10.1. The van der Waals surface area contributed by atoms with Gasteiger partial charge in [-0.25, -0.2) is 4.98 Å². The number of benzene rings is 1. The Kier molecular flexibility index (Phi) is 5.91. The molecule has 2 aromatic rings. The number of carbonyl (C=O) groups excluding carboxylic acids is 1. The van der Waals surface area contributed by atoms with Gasteiger partial charge in [0.15, 0.2) is 11.5 Å². The highest BCUT2D eigenvalue weighted by atomic mass is 19.4. The van der Waals surface area contributed by atoms with Gasteiger partial charge in [-0.2, -0.15) is 13.2 Å². The summed E-state index contributed by atoms with van der Waals surface area (Å²) in [7, 11) is 4.13. The van der Waals surface area contributed by atoms with Crippen molar-refractivity contribution in [3.05, 3.63) is 47.2 Å². The lowest BCUT2D eigenvalue weighted by Gasteiger charge is -2.14. The summed E-state index contributed by atoms with van der Waals surface area (Å²) in [5.74, 6) is -0.182. The standard InChI is InChI=1S/C17H17F3N2O4/c1-24-13-5-4-10(6-14(13)25-2)8-22-16(23)11-9-21-15(26-3)7-12(11)17(18,19)20/h4-7,9H,8H2,1-3H3,(H,22,23). The van der Waals surface area contributed by atoms with Crippen LogP contribution in [0.5, 0.6) is 17.4 Å². The Labute approximate surface area is 147 Å². The molecule has 0 atom stereocenters. The Morgan fingerprint density at radius 1 is 1.08 bits per heavy atom. The van der Waals surface area contributed by atoms with E-state index in [-0.39, 0.29) is 12.4 Å². The van der Waals surface area contributed by atoms with Crippen LogP contribution in [0.2, 0.25) is 0 Å². The van der Waals surface area contributed by atoms with E-state index in [2.05, 4.69) is 10.3 Å². The fourth-order valence-corrected chi connectivity index (χ4v) is 2.23. The van der Waals surface area contributed by atoms with Crippen LogP contribution < -0.4 is 19.5 Å². The van der Waals surface area contributed by atoms with Crippen LogP contribution in [-0.4, -0.2) is 32.2 Å². The normalized spacial score (nSPS) is 11.0. The van der Waals surface area contributed by atoms with Gasteiger partial charge in [0.1, 0.15) is 0 Å². The first-order chi connectivity index (χ1) is 12.3. The van der Waals surface area contributed by atoms with Crippen molar-refractivity contribution in [3.63, 3.8) is 0 Å². The molecule has 0 radical (unpaired) electrons. The molecule has 9 heteroatoms. The molecule has 1 amide bonds. The Morgan fingerprint density at radius 2 is 1.77 bits per heavy atom.